The van der Waals surface area contributed by atoms with Gasteiger partial charge in [0.15, 0.2) is 0 Å². The van der Waals surface area contributed by atoms with Gasteiger partial charge in [-0.2, -0.15) is 0 Å². The molecule has 0 heterocycles. The van der Waals surface area contributed by atoms with Gasteiger partial charge in [0.2, 0.25) is 0 Å². The van der Waals surface area contributed by atoms with Gasteiger partial charge in [-0.3, -0.25) is 0 Å². The molecule has 0 fully saturated rings. The van der Waals surface area contributed by atoms with Gasteiger partial charge in [-0.05, 0) is 85.3 Å². The molecule has 0 atom stereocenters. The SMILES string of the molecule is C=CC(=C)OCCCOc1ccc(C(=O)Oc2ccc(OC(=O)c3ccc(OCCCOC(=O)C=C)cc3)cc2C)cc1. The number of carbonyl (C=O) groups excluding carboxylic acids is 3. The molecule has 0 saturated carbocycles. The second-order valence-corrected chi connectivity index (χ2v) is 9.05. The van der Waals surface area contributed by atoms with Crippen LogP contribution in [0.25, 0.3) is 0 Å². The van der Waals surface area contributed by atoms with E-state index in [0.29, 0.717) is 78.1 Å². The highest BCUT2D eigenvalue weighted by Crippen LogP contribution is 2.26. The molecule has 0 aliphatic heterocycles. The van der Waals surface area contributed by atoms with Crippen molar-refractivity contribution < 1.29 is 42.8 Å². The van der Waals surface area contributed by atoms with Crippen LogP contribution in [-0.2, 0) is 14.3 Å². The first kappa shape index (κ1) is 32.2. The molecule has 0 radical (unpaired) electrons. The molecule has 0 N–H and O–H groups in total. The summed E-state index contributed by atoms with van der Waals surface area (Å²) in [5.41, 5.74) is 1.30. The Morgan fingerprint density at radius 3 is 1.67 bits per heavy atom. The number of carbonyl (C=O) groups is 3. The normalized spacial score (nSPS) is 10.2. The fourth-order valence-electron chi connectivity index (χ4n) is 3.49. The molecule has 0 unspecified atom stereocenters. The minimum atomic E-state index is -0.552. The van der Waals surface area contributed by atoms with E-state index in [1.54, 1.807) is 79.7 Å². The summed E-state index contributed by atoms with van der Waals surface area (Å²) in [6, 6.07) is 17.8. The average molecular weight is 587 g/mol. The summed E-state index contributed by atoms with van der Waals surface area (Å²) in [6.45, 7) is 13.8. The first-order valence-corrected chi connectivity index (χ1v) is 13.5. The molecule has 3 rings (SSSR count). The molecule has 0 spiro atoms. The fraction of sp³-hybridized carbons (Fsp3) is 0.206. The number of esters is 3. The zero-order chi connectivity index (χ0) is 31.0. The lowest BCUT2D eigenvalue weighted by Gasteiger charge is -2.11. The topological polar surface area (TPSA) is 107 Å². The van der Waals surface area contributed by atoms with E-state index in [1.165, 1.54) is 0 Å². The summed E-state index contributed by atoms with van der Waals surface area (Å²) in [7, 11) is 0. The molecular formula is C34H34O9. The van der Waals surface area contributed by atoms with Crippen molar-refractivity contribution in [1.29, 1.82) is 0 Å². The Labute approximate surface area is 250 Å². The van der Waals surface area contributed by atoms with Crippen LogP contribution in [-0.4, -0.2) is 44.3 Å². The smallest absolute Gasteiger partial charge is 0.343 e. The molecule has 3 aromatic carbocycles. The van der Waals surface area contributed by atoms with Crippen LogP contribution in [0.4, 0.5) is 0 Å². The lowest BCUT2D eigenvalue weighted by molar-refractivity contribution is -0.137. The quantitative estimate of drug-likeness (QED) is 0.0442. The molecule has 0 saturated heterocycles. The van der Waals surface area contributed by atoms with Crippen LogP contribution in [0, 0.1) is 6.92 Å². The van der Waals surface area contributed by atoms with E-state index in [-0.39, 0.29) is 6.61 Å². The van der Waals surface area contributed by atoms with E-state index >= 15 is 0 Å². The fourth-order valence-corrected chi connectivity index (χ4v) is 3.49. The maximum absolute atomic E-state index is 12.7. The summed E-state index contributed by atoms with van der Waals surface area (Å²) in [5.74, 6) is 0.777. The highest BCUT2D eigenvalue weighted by molar-refractivity contribution is 5.92. The Kier molecular flexibility index (Phi) is 12.6. The second kappa shape index (κ2) is 16.8. The van der Waals surface area contributed by atoms with E-state index in [4.69, 9.17) is 28.4 Å². The Morgan fingerprint density at radius 2 is 1.16 bits per heavy atom. The molecule has 0 amide bonds. The van der Waals surface area contributed by atoms with Crippen molar-refractivity contribution >= 4 is 17.9 Å². The predicted octanol–water partition coefficient (Wildman–Crippen LogP) is 6.42. The summed E-state index contributed by atoms with van der Waals surface area (Å²) < 4.78 is 32.5. The van der Waals surface area contributed by atoms with Gasteiger partial charge < -0.3 is 28.4 Å². The molecule has 0 aliphatic rings. The molecule has 224 valence electrons. The Bertz CT molecular complexity index is 1420. The van der Waals surface area contributed by atoms with Gasteiger partial charge in [-0.25, -0.2) is 14.4 Å². The van der Waals surface area contributed by atoms with Gasteiger partial charge in [0.25, 0.3) is 0 Å². The molecule has 9 nitrogen and oxygen atoms in total. The van der Waals surface area contributed by atoms with E-state index in [9.17, 15) is 14.4 Å². The minimum absolute atomic E-state index is 0.223. The van der Waals surface area contributed by atoms with Gasteiger partial charge in [0.1, 0.15) is 28.8 Å². The third-order valence-electron chi connectivity index (χ3n) is 5.78. The number of benzene rings is 3. The molecule has 3 aromatic rings. The van der Waals surface area contributed by atoms with Crippen LogP contribution < -0.4 is 18.9 Å². The van der Waals surface area contributed by atoms with Crippen molar-refractivity contribution in [2.45, 2.75) is 19.8 Å². The Balaban J connectivity index is 1.45. The van der Waals surface area contributed by atoms with Crippen molar-refractivity contribution in [1.82, 2.24) is 0 Å². The second-order valence-electron chi connectivity index (χ2n) is 9.05. The van der Waals surface area contributed by atoms with Crippen molar-refractivity contribution in [2.24, 2.45) is 0 Å². The van der Waals surface area contributed by atoms with Crippen LogP contribution in [0.5, 0.6) is 23.0 Å². The van der Waals surface area contributed by atoms with Crippen molar-refractivity contribution in [3.8, 4) is 23.0 Å². The number of aryl methyl sites for hydroxylation is 1. The molecular weight excluding hydrogens is 552 g/mol. The van der Waals surface area contributed by atoms with Gasteiger partial charge >= 0.3 is 17.9 Å². The first-order valence-electron chi connectivity index (χ1n) is 13.5. The third-order valence-corrected chi connectivity index (χ3v) is 5.78. The number of hydrogen-bond donors (Lipinski definition) is 0. The van der Waals surface area contributed by atoms with Crippen LogP contribution in [0.3, 0.4) is 0 Å². The average Bonchev–Trinajstić information content (AvgIpc) is 3.02. The van der Waals surface area contributed by atoms with E-state index in [2.05, 4.69) is 19.7 Å². The minimum Gasteiger partial charge on any atom is -0.494 e. The summed E-state index contributed by atoms with van der Waals surface area (Å²) in [4.78, 5) is 36.3. The zero-order valence-electron chi connectivity index (χ0n) is 24.0. The Morgan fingerprint density at radius 1 is 0.651 bits per heavy atom. The number of allylic oxidation sites excluding steroid dienone is 1. The highest BCUT2D eigenvalue weighted by Gasteiger charge is 2.14. The van der Waals surface area contributed by atoms with E-state index in [0.717, 1.165) is 6.08 Å². The van der Waals surface area contributed by atoms with Crippen LogP contribution in [0.1, 0.15) is 39.1 Å². The monoisotopic (exact) mass is 586 g/mol. The van der Waals surface area contributed by atoms with Gasteiger partial charge in [-0.15, -0.1) is 0 Å². The summed E-state index contributed by atoms with van der Waals surface area (Å²) in [5, 5.41) is 0. The number of ether oxygens (including phenoxy) is 6. The van der Waals surface area contributed by atoms with Crippen LogP contribution >= 0.6 is 0 Å². The Hall–Kier alpha value is -5.31. The standard InChI is InChI=1S/C34H34O9/c1-5-25(4)38-19-7-20-39-29-15-11-27(12-16-29)34(37)43-31-18-17-30(23-24(31)3)42-33(36)26-9-13-28(14-10-26)40-21-8-22-41-32(35)6-2/h5-6,9-18,23H,1-2,4,7-8,19-22H2,3H3. The van der Waals surface area contributed by atoms with Crippen molar-refractivity contribution in [2.75, 3.05) is 26.4 Å². The van der Waals surface area contributed by atoms with Gasteiger partial charge in [0.05, 0.1) is 37.6 Å². The van der Waals surface area contributed by atoms with Crippen LogP contribution in [0.15, 0.2) is 104 Å². The predicted molar refractivity (Wildman–Crippen MR) is 161 cm³/mol. The summed E-state index contributed by atoms with van der Waals surface area (Å²) >= 11 is 0. The zero-order valence-corrected chi connectivity index (χ0v) is 24.0. The third kappa shape index (κ3) is 10.9. The molecule has 9 heteroatoms. The number of hydrogen-bond acceptors (Lipinski definition) is 9. The highest BCUT2D eigenvalue weighted by atomic mass is 16.5. The van der Waals surface area contributed by atoms with E-state index in [1.807, 2.05) is 0 Å². The molecule has 0 aliphatic carbocycles. The lowest BCUT2D eigenvalue weighted by atomic mass is 10.2. The number of rotatable bonds is 17. The summed E-state index contributed by atoms with van der Waals surface area (Å²) in [6.07, 6.45) is 3.83. The first-order chi connectivity index (χ1) is 20.8. The van der Waals surface area contributed by atoms with Gasteiger partial charge in [-0.1, -0.05) is 19.7 Å². The van der Waals surface area contributed by atoms with E-state index < -0.39 is 17.9 Å². The van der Waals surface area contributed by atoms with Crippen molar-refractivity contribution in [3.05, 3.63) is 121 Å². The maximum Gasteiger partial charge on any atom is 0.343 e. The molecule has 0 bridgehead atoms. The largest absolute Gasteiger partial charge is 0.494 e. The molecule has 43 heavy (non-hydrogen) atoms. The van der Waals surface area contributed by atoms with Gasteiger partial charge in [0, 0.05) is 18.9 Å². The van der Waals surface area contributed by atoms with Crippen LogP contribution in [0.2, 0.25) is 0 Å². The maximum atomic E-state index is 12.7. The van der Waals surface area contributed by atoms with Crippen molar-refractivity contribution in [3.63, 3.8) is 0 Å². The lowest BCUT2D eigenvalue weighted by Crippen LogP contribution is -2.11. The molecule has 0 aromatic heterocycles.